The van der Waals surface area contributed by atoms with Crippen molar-refractivity contribution < 1.29 is 4.79 Å². The lowest BCUT2D eigenvalue weighted by Gasteiger charge is -2.24. The number of aromatic nitrogens is 2. The number of amides is 1. The van der Waals surface area contributed by atoms with Crippen LogP contribution in [0.5, 0.6) is 0 Å². The Morgan fingerprint density at radius 3 is 3.00 bits per heavy atom. The molecule has 0 saturated carbocycles. The smallest absolute Gasteiger partial charge is 0.265 e. The van der Waals surface area contributed by atoms with Gasteiger partial charge in [0, 0.05) is 19.2 Å². The first-order valence-electron chi connectivity index (χ1n) is 7.02. The van der Waals surface area contributed by atoms with E-state index in [2.05, 4.69) is 11.2 Å². The molecule has 3 heterocycles. The summed E-state index contributed by atoms with van der Waals surface area (Å²) in [5.74, 6) is -0.0895. The topological polar surface area (TPSA) is 61.9 Å². The van der Waals surface area contributed by atoms with Gasteiger partial charge in [-0.05, 0) is 31.2 Å². The number of hydrogen-bond acceptors (Lipinski definition) is 4. The highest BCUT2D eigenvalue weighted by Gasteiger charge is 2.35. The number of nitriles is 1. The minimum absolute atomic E-state index is 0.0673. The first kappa shape index (κ1) is 15.1. The van der Waals surface area contributed by atoms with Crippen molar-refractivity contribution in [1.82, 2.24) is 14.7 Å². The number of carbonyl (C=O) groups excluding carboxylic acids is 1. The molecule has 1 unspecified atom stereocenters. The third kappa shape index (κ3) is 2.31. The number of halogens is 1. The maximum atomic E-state index is 12.8. The SMILES string of the molecule is Cc1nn(C)c(Cl)c1C1CCCN1C(=O)c1sccc1C#N. The summed E-state index contributed by atoms with van der Waals surface area (Å²) in [7, 11) is 1.80. The summed E-state index contributed by atoms with van der Waals surface area (Å²) in [6.45, 7) is 2.59. The molecule has 1 saturated heterocycles. The Labute approximate surface area is 137 Å². The number of nitrogens with zero attached hydrogens (tertiary/aromatic N) is 4. The highest BCUT2D eigenvalue weighted by molar-refractivity contribution is 7.12. The van der Waals surface area contributed by atoms with E-state index < -0.39 is 0 Å². The number of thiophene rings is 1. The predicted octanol–water partition coefficient (Wildman–Crippen LogP) is 3.29. The van der Waals surface area contributed by atoms with E-state index in [1.807, 2.05) is 11.8 Å². The van der Waals surface area contributed by atoms with Gasteiger partial charge in [-0.3, -0.25) is 9.48 Å². The summed E-state index contributed by atoms with van der Waals surface area (Å²) < 4.78 is 1.64. The Hall–Kier alpha value is -1.84. The third-order valence-corrected chi connectivity index (χ3v) is 5.37. The van der Waals surface area contributed by atoms with Crippen LogP contribution in [0.1, 0.15) is 45.4 Å². The largest absolute Gasteiger partial charge is 0.331 e. The summed E-state index contributed by atoms with van der Waals surface area (Å²) in [6, 6.07) is 3.70. The van der Waals surface area contributed by atoms with E-state index in [1.165, 1.54) is 11.3 Å². The molecule has 0 aromatic carbocycles. The molecule has 1 amide bonds. The van der Waals surface area contributed by atoms with E-state index in [0.717, 1.165) is 24.1 Å². The molecule has 2 aromatic heterocycles. The molecule has 7 heteroatoms. The van der Waals surface area contributed by atoms with Crippen molar-refractivity contribution in [2.75, 3.05) is 6.54 Å². The van der Waals surface area contributed by atoms with E-state index in [0.29, 0.717) is 22.1 Å². The maximum Gasteiger partial charge on any atom is 0.265 e. The van der Waals surface area contributed by atoms with Crippen LogP contribution in [0.15, 0.2) is 11.4 Å². The van der Waals surface area contributed by atoms with Gasteiger partial charge in [0.25, 0.3) is 5.91 Å². The van der Waals surface area contributed by atoms with Crippen molar-refractivity contribution in [2.45, 2.75) is 25.8 Å². The summed E-state index contributed by atoms with van der Waals surface area (Å²) in [4.78, 5) is 15.1. The first-order chi connectivity index (χ1) is 10.5. The van der Waals surface area contributed by atoms with Gasteiger partial charge >= 0.3 is 0 Å². The molecular weight excluding hydrogens is 320 g/mol. The molecule has 1 fully saturated rings. The molecule has 1 atom stereocenters. The number of rotatable bonds is 2. The average Bonchev–Trinajstić information content (AvgIpc) is 3.19. The number of likely N-dealkylation sites (tertiary alicyclic amines) is 1. The van der Waals surface area contributed by atoms with Crippen molar-refractivity contribution in [3.63, 3.8) is 0 Å². The number of hydrogen-bond donors (Lipinski definition) is 0. The Morgan fingerprint density at radius 2 is 2.36 bits per heavy atom. The van der Waals surface area contributed by atoms with Crippen molar-refractivity contribution >= 4 is 28.8 Å². The Bertz CT molecular complexity index is 773. The minimum atomic E-state index is -0.0895. The van der Waals surface area contributed by atoms with Gasteiger partial charge in [-0.15, -0.1) is 11.3 Å². The Morgan fingerprint density at radius 1 is 1.59 bits per heavy atom. The number of aryl methyl sites for hydroxylation is 2. The predicted molar refractivity (Wildman–Crippen MR) is 85.0 cm³/mol. The summed E-state index contributed by atoms with van der Waals surface area (Å²) in [6.07, 6.45) is 1.79. The molecule has 3 rings (SSSR count). The fourth-order valence-corrected chi connectivity index (χ4v) is 4.13. The zero-order valence-corrected chi connectivity index (χ0v) is 13.9. The molecule has 1 aliphatic rings. The van der Waals surface area contributed by atoms with E-state index in [1.54, 1.807) is 23.2 Å². The van der Waals surface area contributed by atoms with Gasteiger partial charge in [0.15, 0.2) is 0 Å². The lowest BCUT2D eigenvalue weighted by atomic mass is 10.1. The van der Waals surface area contributed by atoms with Crippen LogP contribution in [-0.4, -0.2) is 27.1 Å². The molecule has 22 heavy (non-hydrogen) atoms. The third-order valence-electron chi connectivity index (χ3n) is 4.02. The number of carbonyl (C=O) groups is 1. The van der Waals surface area contributed by atoms with Crippen LogP contribution in [0.4, 0.5) is 0 Å². The second-order valence-electron chi connectivity index (χ2n) is 5.35. The monoisotopic (exact) mass is 334 g/mol. The molecule has 114 valence electrons. The van der Waals surface area contributed by atoms with Crippen LogP contribution >= 0.6 is 22.9 Å². The quantitative estimate of drug-likeness (QED) is 0.846. The summed E-state index contributed by atoms with van der Waals surface area (Å²) in [5.41, 5.74) is 2.21. The van der Waals surface area contributed by atoms with Crippen LogP contribution in [0.2, 0.25) is 5.15 Å². The van der Waals surface area contributed by atoms with Gasteiger partial charge in [-0.2, -0.15) is 10.4 Å². The molecule has 0 N–H and O–H groups in total. The van der Waals surface area contributed by atoms with Gasteiger partial charge < -0.3 is 4.90 Å². The maximum absolute atomic E-state index is 12.8. The van der Waals surface area contributed by atoms with E-state index in [-0.39, 0.29) is 11.9 Å². The normalized spacial score (nSPS) is 17.7. The molecule has 2 aromatic rings. The van der Waals surface area contributed by atoms with Crippen LogP contribution in [0.25, 0.3) is 0 Å². The van der Waals surface area contributed by atoms with Crippen LogP contribution in [-0.2, 0) is 7.05 Å². The van der Waals surface area contributed by atoms with Crippen molar-refractivity contribution in [1.29, 1.82) is 5.26 Å². The zero-order valence-electron chi connectivity index (χ0n) is 12.3. The lowest BCUT2D eigenvalue weighted by molar-refractivity contribution is 0.0740. The van der Waals surface area contributed by atoms with Gasteiger partial charge in [0.1, 0.15) is 16.1 Å². The zero-order chi connectivity index (χ0) is 15.9. The summed E-state index contributed by atoms with van der Waals surface area (Å²) in [5, 5.41) is 15.8. The Balaban J connectivity index is 1.97. The van der Waals surface area contributed by atoms with Gasteiger partial charge in [0.2, 0.25) is 0 Å². The molecule has 0 aliphatic carbocycles. The molecule has 0 spiro atoms. The van der Waals surface area contributed by atoms with Gasteiger partial charge in [-0.25, -0.2) is 0 Å². The average molecular weight is 335 g/mol. The second kappa shape index (κ2) is 5.75. The summed E-state index contributed by atoms with van der Waals surface area (Å²) >= 11 is 7.67. The molecule has 5 nitrogen and oxygen atoms in total. The first-order valence-corrected chi connectivity index (χ1v) is 8.28. The Kier molecular flexibility index (Phi) is 3.94. The molecule has 0 radical (unpaired) electrons. The van der Waals surface area contributed by atoms with Crippen molar-refractivity contribution in [2.24, 2.45) is 7.05 Å². The fraction of sp³-hybridized carbons (Fsp3) is 0.400. The van der Waals surface area contributed by atoms with Gasteiger partial charge in [-0.1, -0.05) is 11.6 Å². The molecule has 1 aliphatic heterocycles. The van der Waals surface area contributed by atoms with Crippen molar-refractivity contribution in [3.05, 3.63) is 38.3 Å². The molecule has 0 bridgehead atoms. The van der Waals surface area contributed by atoms with Crippen LogP contribution in [0, 0.1) is 18.3 Å². The lowest BCUT2D eigenvalue weighted by Crippen LogP contribution is -2.30. The van der Waals surface area contributed by atoms with Crippen molar-refractivity contribution in [3.8, 4) is 6.07 Å². The van der Waals surface area contributed by atoms with E-state index in [4.69, 9.17) is 16.9 Å². The van der Waals surface area contributed by atoms with Crippen LogP contribution in [0.3, 0.4) is 0 Å². The highest BCUT2D eigenvalue weighted by Crippen LogP contribution is 2.38. The fourth-order valence-electron chi connectivity index (χ4n) is 3.03. The minimum Gasteiger partial charge on any atom is -0.331 e. The van der Waals surface area contributed by atoms with Gasteiger partial charge in [0.05, 0.1) is 17.3 Å². The standard InChI is InChI=1S/C15H15ClN4OS/c1-9-12(14(16)19(2)18-9)11-4-3-6-20(11)15(21)13-10(8-17)5-7-22-13/h5,7,11H,3-4,6H2,1-2H3. The van der Waals surface area contributed by atoms with Crippen LogP contribution < -0.4 is 0 Å². The van der Waals surface area contributed by atoms with E-state index in [9.17, 15) is 4.79 Å². The molecular formula is C15H15ClN4OS. The highest BCUT2D eigenvalue weighted by atomic mass is 35.5. The van der Waals surface area contributed by atoms with E-state index >= 15 is 0 Å². The second-order valence-corrected chi connectivity index (χ2v) is 6.62.